The third-order valence-electron chi connectivity index (χ3n) is 3.10. The van der Waals surface area contributed by atoms with E-state index in [0.717, 1.165) is 29.7 Å². The van der Waals surface area contributed by atoms with Gasteiger partial charge in [-0.1, -0.05) is 6.07 Å². The summed E-state index contributed by atoms with van der Waals surface area (Å²) in [6.45, 7) is 4.09. The first-order valence-electron chi connectivity index (χ1n) is 4.95. The Morgan fingerprint density at radius 2 is 1.93 bits per heavy atom. The van der Waals surface area contributed by atoms with E-state index < -0.39 is 5.60 Å². The number of aliphatic hydroxyl groups is 1. The van der Waals surface area contributed by atoms with Gasteiger partial charge in [0, 0.05) is 0 Å². The maximum absolute atomic E-state index is 9.98. The van der Waals surface area contributed by atoms with Crippen LogP contribution in [0.2, 0.25) is 0 Å². The van der Waals surface area contributed by atoms with E-state index in [9.17, 15) is 5.11 Å². The van der Waals surface area contributed by atoms with Crippen molar-refractivity contribution < 1.29 is 9.84 Å². The average molecular weight is 192 g/mol. The highest BCUT2D eigenvalue weighted by Gasteiger charge is 2.42. The summed E-state index contributed by atoms with van der Waals surface area (Å²) in [4.78, 5) is 0. The number of rotatable bonds is 2. The van der Waals surface area contributed by atoms with Crippen molar-refractivity contribution in [2.75, 3.05) is 7.11 Å². The molecule has 0 heterocycles. The van der Waals surface area contributed by atoms with E-state index in [1.54, 1.807) is 7.11 Å². The van der Waals surface area contributed by atoms with Crippen molar-refractivity contribution in [3.8, 4) is 5.75 Å². The highest BCUT2D eigenvalue weighted by Crippen LogP contribution is 2.46. The van der Waals surface area contributed by atoms with Gasteiger partial charge in [-0.05, 0) is 49.4 Å². The Bertz CT molecular complexity index is 365. The van der Waals surface area contributed by atoms with Gasteiger partial charge in [-0.25, -0.2) is 0 Å². The number of hydrogen-bond acceptors (Lipinski definition) is 2. The molecule has 0 aliphatic heterocycles. The molecule has 0 aromatic heterocycles. The smallest absolute Gasteiger partial charge is 0.122 e. The fourth-order valence-corrected chi connectivity index (χ4v) is 1.71. The average Bonchev–Trinajstić information content (AvgIpc) is 2.89. The lowest BCUT2D eigenvalue weighted by atomic mass is 10.0. The number of ether oxygens (including phenoxy) is 1. The molecule has 14 heavy (non-hydrogen) atoms. The molecular formula is C12H16O2. The van der Waals surface area contributed by atoms with Crippen molar-refractivity contribution in [1.82, 2.24) is 0 Å². The zero-order chi connectivity index (χ0) is 10.3. The Labute approximate surface area is 84.5 Å². The number of methoxy groups -OCH3 is 1. The molecule has 2 nitrogen and oxygen atoms in total. The molecule has 2 rings (SSSR count). The van der Waals surface area contributed by atoms with Crippen LogP contribution in [0.25, 0.3) is 0 Å². The fraction of sp³-hybridized carbons (Fsp3) is 0.500. The van der Waals surface area contributed by atoms with E-state index in [2.05, 4.69) is 6.07 Å². The summed E-state index contributed by atoms with van der Waals surface area (Å²) in [6, 6.07) is 4.01. The van der Waals surface area contributed by atoms with E-state index in [0.29, 0.717) is 0 Å². The molecule has 1 fully saturated rings. The normalized spacial score (nSPS) is 18.0. The Morgan fingerprint density at radius 3 is 2.43 bits per heavy atom. The molecule has 0 atom stereocenters. The summed E-state index contributed by atoms with van der Waals surface area (Å²) in [5.74, 6) is 0.875. The summed E-state index contributed by atoms with van der Waals surface area (Å²) in [7, 11) is 1.67. The van der Waals surface area contributed by atoms with Gasteiger partial charge in [-0.2, -0.15) is 0 Å². The second-order valence-corrected chi connectivity index (χ2v) is 4.15. The predicted octanol–water partition coefficient (Wildman–Crippen LogP) is 2.29. The minimum absolute atomic E-state index is 0.564. The monoisotopic (exact) mass is 192 g/mol. The molecule has 0 spiro atoms. The van der Waals surface area contributed by atoms with Gasteiger partial charge in [0.2, 0.25) is 0 Å². The highest BCUT2D eigenvalue weighted by molar-refractivity contribution is 5.45. The molecule has 1 aromatic rings. The largest absolute Gasteiger partial charge is 0.496 e. The standard InChI is InChI=1S/C12H16O2/c1-8-6-10(12(13)4-5-12)7-11(14-3)9(8)2/h6-7,13H,4-5H2,1-3H3. The lowest BCUT2D eigenvalue weighted by Crippen LogP contribution is -2.05. The van der Waals surface area contributed by atoms with E-state index >= 15 is 0 Å². The first-order valence-corrected chi connectivity index (χ1v) is 4.95. The van der Waals surface area contributed by atoms with Crippen LogP contribution < -0.4 is 4.74 Å². The Balaban J connectivity index is 2.48. The molecule has 1 saturated carbocycles. The maximum atomic E-state index is 9.98. The van der Waals surface area contributed by atoms with Crippen LogP contribution in [0.1, 0.15) is 29.5 Å². The first-order chi connectivity index (χ1) is 6.57. The summed E-state index contributed by atoms with van der Waals surface area (Å²) in [6.07, 6.45) is 1.75. The van der Waals surface area contributed by atoms with Gasteiger partial charge in [0.05, 0.1) is 12.7 Å². The molecule has 2 heteroatoms. The van der Waals surface area contributed by atoms with E-state index in [1.807, 2.05) is 19.9 Å². The Morgan fingerprint density at radius 1 is 1.29 bits per heavy atom. The number of benzene rings is 1. The minimum Gasteiger partial charge on any atom is -0.496 e. The lowest BCUT2D eigenvalue weighted by Gasteiger charge is -2.14. The van der Waals surface area contributed by atoms with Gasteiger partial charge in [0.1, 0.15) is 5.75 Å². The third kappa shape index (κ3) is 1.40. The van der Waals surface area contributed by atoms with Crippen LogP contribution in [0.4, 0.5) is 0 Å². The van der Waals surface area contributed by atoms with Crippen LogP contribution >= 0.6 is 0 Å². The molecule has 0 radical (unpaired) electrons. The molecule has 1 N–H and O–H groups in total. The molecular weight excluding hydrogens is 176 g/mol. The van der Waals surface area contributed by atoms with Crippen molar-refractivity contribution >= 4 is 0 Å². The predicted molar refractivity (Wildman–Crippen MR) is 55.6 cm³/mol. The van der Waals surface area contributed by atoms with E-state index in [4.69, 9.17) is 4.74 Å². The highest BCUT2D eigenvalue weighted by atomic mass is 16.5. The third-order valence-corrected chi connectivity index (χ3v) is 3.10. The van der Waals surface area contributed by atoms with Gasteiger partial charge in [-0.15, -0.1) is 0 Å². The van der Waals surface area contributed by atoms with Crippen molar-refractivity contribution in [3.05, 3.63) is 28.8 Å². The van der Waals surface area contributed by atoms with Crippen LogP contribution in [-0.4, -0.2) is 12.2 Å². The summed E-state index contributed by atoms with van der Waals surface area (Å²) in [5, 5.41) is 9.98. The second-order valence-electron chi connectivity index (χ2n) is 4.15. The first kappa shape index (κ1) is 9.53. The fourth-order valence-electron chi connectivity index (χ4n) is 1.71. The number of hydrogen-bond donors (Lipinski definition) is 1. The summed E-state index contributed by atoms with van der Waals surface area (Å²) < 4.78 is 5.28. The van der Waals surface area contributed by atoms with Crippen LogP contribution in [0, 0.1) is 13.8 Å². The molecule has 0 unspecified atom stereocenters. The Kier molecular flexibility index (Phi) is 2.04. The SMILES string of the molecule is COc1cc(C2(O)CC2)cc(C)c1C. The van der Waals surface area contributed by atoms with Crippen molar-refractivity contribution in [2.24, 2.45) is 0 Å². The summed E-state index contributed by atoms with van der Waals surface area (Å²) in [5.41, 5.74) is 2.77. The van der Waals surface area contributed by atoms with Crippen LogP contribution in [0.3, 0.4) is 0 Å². The van der Waals surface area contributed by atoms with Crippen molar-refractivity contribution in [1.29, 1.82) is 0 Å². The van der Waals surface area contributed by atoms with E-state index in [1.165, 1.54) is 5.56 Å². The lowest BCUT2D eigenvalue weighted by molar-refractivity contribution is 0.151. The molecule has 1 aromatic carbocycles. The van der Waals surface area contributed by atoms with Gasteiger partial charge in [0.15, 0.2) is 0 Å². The zero-order valence-electron chi connectivity index (χ0n) is 8.92. The number of aryl methyl sites for hydroxylation is 1. The van der Waals surface area contributed by atoms with Crippen molar-refractivity contribution in [3.63, 3.8) is 0 Å². The minimum atomic E-state index is -0.564. The van der Waals surface area contributed by atoms with Gasteiger partial charge in [0.25, 0.3) is 0 Å². The topological polar surface area (TPSA) is 29.5 Å². The van der Waals surface area contributed by atoms with Crippen molar-refractivity contribution in [2.45, 2.75) is 32.3 Å². The second kappa shape index (κ2) is 2.99. The maximum Gasteiger partial charge on any atom is 0.122 e. The molecule has 1 aliphatic carbocycles. The van der Waals surface area contributed by atoms with Gasteiger partial charge >= 0.3 is 0 Å². The van der Waals surface area contributed by atoms with Crippen LogP contribution in [0.5, 0.6) is 5.75 Å². The zero-order valence-corrected chi connectivity index (χ0v) is 8.92. The molecule has 76 valence electrons. The molecule has 0 bridgehead atoms. The van der Waals surface area contributed by atoms with E-state index in [-0.39, 0.29) is 0 Å². The van der Waals surface area contributed by atoms with Gasteiger partial charge < -0.3 is 9.84 Å². The van der Waals surface area contributed by atoms with Crippen LogP contribution in [-0.2, 0) is 5.60 Å². The molecule has 0 saturated heterocycles. The quantitative estimate of drug-likeness (QED) is 0.779. The van der Waals surface area contributed by atoms with Crippen LogP contribution in [0.15, 0.2) is 12.1 Å². The van der Waals surface area contributed by atoms with Gasteiger partial charge in [-0.3, -0.25) is 0 Å². The molecule has 1 aliphatic rings. The summed E-state index contributed by atoms with van der Waals surface area (Å²) >= 11 is 0. The Hall–Kier alpha value is -1.02. The molecule has 0 amide bonds.